The fraction of sp³-hybridized carbons (Fsp3) is 0. The monoisotopic (exact) mass is 452 g/mol. The second-order valence-corrected chi connectivity index (χ2v) is 9.96. The molecule has 1 aromatic heterocycles. The van der Waals surface area contributed by atoms with Crippen LogP contribution < -0.4 is 25.9 Å². The van der Waals surface area contributed by atoms with Gasteiger partial charge in [-0.25, -0.2) is 0 Å². The first kappa shape index (κ1) is 18.4. The third-order valence-corrected chi connectivity index (χ3v) is 8.17. The molecule has 0 aliphatic carbocycles. The van der Waals surface area contributed by atoms with Gasteiger partial charge in [-0.1, -0.05) is 66.7 Å². The van der Waals surface area contributed by atoms with Crippen molar-refractivity contribution < 1.29 is 9.47 Å². The summed E-state index contributed by atoms with van der Waals surface area (Å²) in [5, 5.41) is 2.61. The minimum atomic E-state index is 0.0885. The second kappa shape index (κ2) is 6.75. The lowest BCUT2D eigenvalue weighted by molar-refractivity contribution is 0.465. The summed E-state index contributed by atoms with van der Waals surface area (Å²) in [4.78, 5) is 0. The van der Waals surface area contributed by atoms with E-state index in [9.17, 15) is 0 Å². The first-order chi connectivity index (χ1) is 16.8. The van der Waals surface area contributed by atoms with E-state index in [1.807, 2.05) is 29.5 Å². The summed E-state index contributed by atoms with van der Waals surface area (Å²) in [5.74, 6) is 3.61. The molecule has 6 aromatic rings. The van der Waals surface area contributed by atoms with Gasteiger partial charge in [0.25, 0.3) is 6.71 Å². The fourth-order valence-corrected chi connectivity index (χ4v) is 6.61. The number of benzene rings is 5. The maximum absolute atomic E-state index is 6.63. The van der Waals surface area contributed by atoms with Crippen molar-refractivity contribution in [3.05, 3.63) is 103 Å². The lowest BCUT2D eigenvalue weighted by Crippen LogP contribution is -2.57. The predicted molar refractivity (Wildman–Crippen MR) is 142 cm³/mol. The molecule has 0 saturated heterocycles. The molecule has 0 radical (unpaired) electrons. The first-order valence-corrected chi connectivity index (χ1v) is 12.3. The summed E-state index contributed by atoms with van der Waals surface area (Å²) >= 11 is 1.85. The Bertz CT molecular complexity index is 1780. The highest BCUT2D eigenvalue weighted by atomic mass is 32.1. The van der Waals surface area contributed by atoms with Crippen LogP contribution in [0.4, 0.5) is 0 Å². The maximum Gasteiger partial charge on any atom is 0.260 e. The molecule has 0 bridgehead atoms. The summed E-state index contributed by atoms with van der Waals surface area (Å²) in [6, 6.07) is 36.4. The lowest BCUT2D eigenvalue weighted by atomic mass is 9.34. The van der Waals surface area contributed by atoms with E-state index in [1.54, 1.807) is 0 Å². The second-order valence-electron chi connectivity index (χ2n) is 8.88. The number of rotatable bonds is 1. The van der Waals surface area contributed by atoms with Crippen LogP contribution in [-0.2, 0) is 0 Å². The van der Waals surface area contributed by atoms with Crippen molar-refractivity contribution in [2.75, 3.05) is 0 Å². The van der Waals surface area contributed by atoms with Crippen molar-refractivity contribution in [2.45, 2.75) is 0 Å². The highest BCUT2D eigenvalue weighted by Crippen LogP contribution is 2.41. The van der Waals surface area contributed by atoms with Crippen LogP contribution in [-0.4, -0.2) is 6.71 Å². The van der Waals surface area contributed by atoms with Crippen LogP contribution >= 0.6 is 11.3 Å². The van der Waals surface area contributed by atoms with Gasteiger partial charge in [0, 0.05) is 31.2 Å². The Morgan fingerprint density at radius 3 is 2.26 bits per heavy atom. The fourth-order valence-electron chi connectivity index (χ4n) is 5.52. The van der Waals surface area contributed by atoms with E-state index < -0.39 is 0 Å². The molecule has 2 aliphatic rings. The molecule has 0 N–H and O–H groups in total. The largest absolute Gasteiger partial charge is 0.458 e. The van der Waals surface area contributed by atoms with Gasteiger partial charge >= 0.3 is 0 Å². The van der Waals surface area contributed by atoms with Crippen molar-refractivity contribution in [3.63, 3.8) is 0 Å². The van der Waals surface area contributed by atoms with Gasteiger partial charge in [0.05, 0.1) is 0 Å². The number of fused-ring (bicyclic) bond motifs is 7. The van der Waals surface area contributed by atoms with Crippen molar-refractivity contribution >= 4 is 54.6 Å². The predicted octanol–water partition coefficient (Wildman–Crippen LogP) is 6.45. The van der Waals surface area contributed by atoms with Crippen molar-refractivity contribution in [1.29, 1.82) is 0 Å². The molecular formula is C30H17BO2S. The van der Waals surface area contributed by atoms with Gasteiger partial charge in [0.15, 0.2) is 0 Å². The Hall–Kier alpha value is -4.02. The van der Waals surface area contributed by atoms with Gasteiger partial charge in [-0.3, -0.25) is 0 Å². The average molecular weight is 452 g/mol. The molecule has 2 aliphatic heterocycles. The first-order valence-electron chi connectivity index (χ1n) is 11.5. The topological polar surface area (TPSA) is 18.5 Å². The third kappa shape index (κ3) is 2.46. The molecule has 2 nitrogen and oxygen atoms in total. The molecular weight excluding hydrogens is 435 g/mol. The molecule has 34 heavy (non-hydrogen) atoms. The molecule has 4 heteroatoms. The molecule has 0 saturated carbocycles. The molecule has 0 atom stereocenters. The van der Waals surface area contributed by atoms with E-state index in [2.05, 4.69) is 84.9 Å². The molecule has 8 rings (SSSR count). The summed E-state index contributed by atoms with van der Waals surface area (Å²) in [7, 11) is 0. The third-order valence-electron chi connectivity index (χ3n) is 7.02. The van der Waals surface area contributed by atoms with Crippen LogP contribution in [0.2, 0.25) is 0 Å². The van der Waals surface area contributed by atoms with E-state index in [0.29, 0.717) is 0 Å². The van der Waals surface area contributed by atoms with Gasteiger partial charge in [0.1, 0.15) is 23.0 Å². The van der Waals surface area contributed by atoms with Crippen LogP contribution in [0.1, 0.15) is 0 Å². The van der Waals surface area contributed by atoms with Gasteiger partial charge in [-0.15, -0.1) is 11.3 Å². The highest BCUT2D eigenvalue weighted by molar-refractivity contribution is 7.25. The normalized spacial score (nSPS) is 13.1. The molecule has 0 amide bonds. The number of hydrogen-bond acceptors (Lipinski definition) is 3. The van der Waals surface area contributed by atoms with Crippen molar-refractivity contribution in [1.82, 2.24) is 0 Å². The Kier molecular flexibility index (Phi) is 3.66. The Labute approximate surface area is 201 Å². The summed E-state index contributed by atoms with van der Waals surface area (Å²) < 4.78 is 15.5. The van der Waals surface area contributed by atoms with Crippen LogP contribution in [0.5, 0.6) is 23.0 Å². The van der Waals surface area contributed by atoms with Gasteiger partial charge in [0.2, 0.25) is 0 Å². The van der Waals surface area contributed by atoms with E-state index in [0.717, 1.165) is 34.0 Å². The lowest BCUT2D eigenvalue weighted by Gasteiger charge is -2.33. The molecule has 0 fully saturated rings. The molecule has 5 aromatic carbocycles. The van der Waals surface area contributed by atoms with E-state index in [-0.39, 0.29) is 6.71 Å². The van der Waals surface area contributed by atoms with Crippen LogP contribution in [0, 0.1) is 0 Å². The number of thiophene rings is 1. The molecule has 3 heterocycles. The molecule has 158 valence electrons. The highest BCUT2D eigenvalue weighted by Gasteiger charge is 2.40. The van der Waals surface area contributed by atoms with Gasteiger partial charge in [-0.05, 0) is 52.9 Å². The minimum Gasteiger partial charge on any atom is -0.458 e. The van der Waals surface area contributed by atoms with Gasteiger partial charge in [-0.2, -0.15) is 0 Å². The summed E-state index contributed by atoms with van der Waals surface area (Å²) in [6.07, 6.45) is 0. The van der Waals surface area contributed by atoms with Crippen LogP contribution in [0.15, 0.2) is 103 Å². The number of para-hydroxylation sites is 2. The quantitative estimate of drug-likeness (QED) is 0.267. The Balaban J connectivity index is 1.38. The zero-order chi connectivity index (χ0) is 22.2. The SMILES string of the molecule is c1ccc2c(c1)Oc1cccc3c1B2c1cccc(-c2ccc4sc5ccccc5c4c2)c1O3. The zero-order valence-electron chi connectivity index (χ0n) is 18.1. The van der Waals surface area contributed by atoms with Gasteiger partial charge < -0.3 is 9.47 Å². The Morgan fingerprint density at radius 2 is 1.29 bits per heavy atom. The maximum atomic E-state index is 6.63. The smallest absolute Gasteiger partial charge is 0.260 e. The average Bonchev–Trinajstić information content (AvgIpc) is 3.26. The van der Waals surface area contributed by atoms with E-state index in [1.165, 1.54) is 36.7 Å². The van der Waals surface area contributed by atoms with E-state index in [4.69, 9.17) is 9.47 Å². The zero-order valence-corrected chi connectivity index (χ0v) is 18.9. The van der Waals surface area contributed by atoms with Crippen LogP contribution in [0.3, 0.4) is 0 Å². The summed E-state index contributed by atoms with van der Waals surface area (Å²) in [5.41, 5.74) is 5.78. The van der Waals surface area contributed by atoms with Crippen molar-refractivity contribution in [3.8, 4) is 34.1 Å². The molecule has 0 spiro atoms. The van der Waals surface area contributed by atoms with E-state index >= 15 is 0 Å². The van der Waals surface area contributed by atoms with Crippen molar-refractivity contribution in [2.24, 2.45) is 0 Å². The molecule has 0 unspecified atom stereocenters. The summed E-state index contributed by atoms with van der Waals surface area (Å²) in [6.45, 7) is 0.0885. The standard InChI is InChI=1S/C30H17BO2S/c1-4-14-27-20(7-1)21-17-18(15-16-28(21)34-27)19-8-5-10-23-30(19)33-26-13-6-12-25-29(26)31(23)22-9-2-3-11-24(22)32-25/h1-17H. The van der Waals surface area contributed by atoms with Crippen LogP contribution in [0.25, 0.3) is 31.3 Å². The Morgan fingerprint density at radius 1 is 0.559 bits per heavy atom. The minimum absolute atomic E-state index is 0.0885. The number of hydrogen-bond donors (Lipinski definition) is 0. The number of ether oxygens (including phenoxy) is 2.